The van der Waals surface area contributed by atoms with Gasteiger partial charge in [0.2, 0.25) is 0 Å². The predicted molar refractivity (Wildman–Crippen MR) is 35.4 cm³/mol. The third kappa shape index (κ3) is 0.620. The summed E-state index contributed by atoms with van der Waals surface area (Å²) >= 11 is 0. The Morgan fingerprint density at radius 2 is 2.18 bits per heavy atom. The lowest BCUT2D eigenvalue weighted by atomic mass is 9.95. The van der Waals surface area contributed by atoms with E-state index in [9.17, 15) is 13.6 Å². The molecule has 1 nitrogen and oxygen atoms in total. The van der Waals surface area contributed by atoms with Gasteiger partial charge in [0, 0.05) is 6.42 Å². The lowest BCUT2D eigenvalue weighted by Gasteiger charge is -2.19. The van der Waals surface area contributed by atoms with Crippen LogP contribution in [0.4, 0.5) is 8.78 Å². The highest BCUT2D eigenvalue weighted by Gasteiger charge is 2.75. The van der Waals surface area contributed by atoms with Crippen LogP contribution < -0.4 is 0 Å². The maximum Gasteiger partial charge on any atom is 0.260 e. The fraction of sp³-hybridized carbons (Fsp3) is 0.875. The average molecular weight is 160 g/mol. The minimum Gasteiger partial charge on any atom is -0.299 e. The standard InChI is InChI=1S/C8H10F2O/c1-5(11)7-4-6(7)2-3-8(7,9)10/h6H,2-4H2,1H3/t6-,7-/m1/s1. The molecule has 2 fully saturated rings. The summed E-state index contributed by atoms with van der Waals surface area (Å²) in [5.41, 5.74) is -1.22. The Hall–Kier alpha value is -0.470. The second kappa shape index (κ2) is 1.65. The number of halogens is 2. The van der Waals surface area contributed by atoms with E-state index in [1.54, 1.807) is 0 Å². The molecule has 0 aromatic carbocycles. The summed E-state index contributed by atoms with van der Waals surface area (Å²) in [7, 11) is 0. The molecule has 0 bridgehead atoms. The second-order valence-electron chi connectivity index (χ2n) is 3.67. The molecule has 2 atom stereocenters. The zero-order chi connectivity index (χ0) is 8.28. The summed E-state index contributed by atoms with van der Waals surface area (Å²) in [4.78, 5) is 10.9. The van der Waals surface area contributed by atoms with Crippen LogP contribution in [0.2, 0.25) is 0 Å². The molecule has 0 aliphatic heterocycles. The highest BCUT2D eigenvalue weighted by Crippen LogP contribution is 2.70. The molecule has 0 heterocycles. The van der Waals surface area contributed by atoms with E-state index in [0.29, 0.717) is 12.8 Å². The van der Waals surface area contributed by atoms with Gasteiger partial charge in [0.05, 0.1) is 5.41 Å². The van der Waals surface area contributed by atoms with Gasteiger partial charge in [0.15, 0.2) is 0 Å². The van der Waals surface area contributed by atoms with Crippen LogP contribution in [0.1, 0.15) is 26.2 Å². The Balaban J connectivity index is 2.35. The van der Waals surface area contributed by atoms with Crippen LogP contribution in [0.5, 0.6) is 0 Å². The smallest absolute Gasteiger partial charge is 0.260 e. The fourth-order valence-corrected chi connectivity index (χ4v) is 2.39. The Bertz CT molecular complexity index is 224. The molecule has 0 radical (unpaired) electrons. The average Bonchev–Trinajstić information content (AvgIpc) is 2.53. The Labute approximate surface area is 63.8 Å². The van der Waals surface area contributed by atoms with E-state index >= 15 is 0 Å². The van der Waals surface area contributed by atoms with Crippen molar-refractivity contribution in [3.8, 4) is 0 Å². The molecule has 0 unspecified atom stereocenters. The number of alkyl halides is 2. The topological polar surface area (TPSA) is 17.1 Å². The van der Waals surface area contributed by atoms with Gasteiger partial charge in [-0.3, -0.25) is 4.79 Å². The second-order valence-corrected chi connectivity index (χ2v) is 3.67. The Morgan fingerprint density at radius 1 is 1.55 bits per heavy atom. The van der Waals surface area contributed by atoms with Crippen LogP contribution in [-0.2, 0) is 4.79 Å². The molecular formula is C8H10F2O. The third-order valence-corrected chi connectivity index (χ3v) is 3.19. The number of hydrogen-bond donors (Lipinski definition) is 0. The SMILES string of the molecule is CC(=O)[C@]12C[C@H]1CCC2(F)F. The first-order chi connectivity index (χ1) is 5.01. The van der Waals surface area contributed by atoms with Crippen molar-refractivity contribution in [2.45, 2.75) is 32.1 Å². The fourth-order valence-electron chi connectivity index (χ4n) is 2.39. The molecule has 0 amide bonds. The number of Topliss-reactive ketones (excluding diaryl/α,β-unsaturated/α-hetero) is 1. The van der Waals surface area contributed by atoms with Crippen molar-refractivity contribution in [2.24, 2.45) is 11.3 Å². The molecule has 62 valence electrons. The van der Waals surface area contributed by atoms with Crippen LogP contribution in [0, 0.1) is 11.3 Å². The summed E-state index contributed by atoms with van der Waals surface area (Å²) in [5, 5.41) is 0. The van der Waals surface area contributed by atoms with Gasteiger partial charge in [-0.2, -0.15) is 0 Å². The van der Waals surface area contributed by atoms with Crippen LogP contribution in [0.3, 0.4) is 0 Å². The van der Waals surface area contributed by atoms with Gasteiger partial charge >= 0.3 is 0 Å². The molecule has 11 heavy (non-hydrogen) atoms. The molecule has 2 aliphatic carbocycles. The van der Waals surface area contributed by atoms with Crippen molar-refractivity contribution in [1.29, 1.82) is 0 Å². The van der Waals surface area contributed by atoms with Gasteiger partial charge in [0.25, 0.3) is 5.92 Å². The zero-order valence-corrected chi connectivity index (χ0v) is 6.36. The molecule has 0 aromatic heterocycles. The summed E-state index contributed by atoms with van der Waals surface area (Å²) < 4.78 is 26.1. The van der Waals surface area contributed by atoms with Gasteiger partial charge in [-0.1, -0.05) is 0 Å². The number of carbonyl (C=O) groups is 1. The van der Waals surface area contributed by atoms with Gasteiger partial charge in [-0.25, -0.2) is 8.78 Å². The van der Waals surface area contributed by atoms with E-state index in [1.807, 2.05) is 0 Å². The summed E-state index contributed by atoms with van der Waals surface area (Å²) in [6, 6.07) is 0. The van der Waals surface area contributed by atoms with E-state index in [-0.39, 0.29) is 18.1 Å². The number of carbonyl (C=O) groups excluding carboxylic acids is 1. The highest BCUT2D eigenvalue weighted by atomic mass is 19.3. The normalized spacial score (nSPS) is 45.2. The third-order valence-electron chi connectivity index (χ3n) is 3.19. The summed E-state index contributed by atoms with van der Waals surface area (Å²) in [5.74, 6) is -3.02. The van der Waals surface area contributed by atoms with E-state index in [4.69, 9.17) is 0 Å². The molecule has 2 saturated carbocycles. The summed E-state index contributed by atoms with van der Waals surface area (Å²) in [6.45, 7) is 1.29. The Kier molecular flexibility index (Phi) is 1.08. The quantitative estimate of drug-likeness (QED) is 0.573. The van der Waals surface area contributed by atoms with E-state index in [2.05, 4.69) is 0 Å². The number of rotatable bonds is 1. The molecule has 3 heteroatoms. The Morgan fingerprint density at radius 3 is 2.36 bits per heavy atom. The van der Waals surface area contributed by atoms with Crippen molar-refractivity contribution in [3.63, 3.8) is 0 Å². The van der Waals surface area contributed by atoms with Crippen molar-refractivity contribution in [2.75, 3.05) is 0 Å². The predicted octanol–water partition coefficient (Wildman–Crippen LogP) is 2.01. The largest absolute Gasteiger partial charge is 0.299 e. The number of ketones is 1. The van der Waals surface area contributed by atoms with E-state index in [0.717, 1.165) is 0 Å². The molecule has 0 spiro atoms. The van der Waals surface area contributed by atoms with Crippen LogP contribution >= 0.6 is 0 Å². The van der Waals surface area contributed by atoms with Crippen LogP contribution in [-0.4, -0.2) is 11.7 Å². The summed E-state index contributed by atoms with van der Waals surface area (Å²) in [6.07, 6.45) is 0.874. The van der Waals surface area contributed by atoms with E-state index in [1.165, 1.54) is 6.92 Å². The van der Waals surface area contributed by atoms with Crippen molar-refractivity contribution >= 4 is 5.78 Å². The maximum absolute atomic E-state index is 13.1. The first-order valence-corrected chi connectivity index (χ1v) is 3.89. The van der Waals surface area contributed by atoms with Gasteiger partial charge in [0.1, 0.15) is 5.78 Å². The molecule has 0 N–H and O–H groups in total. The van der Waals surface area contributed by atoms with E-state index < -0.39 is 11.3 Å². The van der Waals surface area contributed by atoms with Crippen LogP contribution in [0.15, 0.2) is 0 Å². The minimum absolute atomic E-state index is 0.00463. The van der Waals surface area contributed by atoms with Crippen molar-refractivity contribution in [3.05, 3.63) is 0 Å². The minimum atomic E-state index is -2.70. The van der Waals surface area contributed by atoms with Crippen molar-refractivity contribution in [1.82, 2.24) is 0 Å². The van der Waals surface area contributed by atoms with Crippen molar-refractivity contribution < 1.29 is 13.6 Å². The van der Waals surface area contributed by atoms with Gasteiger partial charge in [-0.05, 0) is 25.7 Å². The first kappa shape index (κ1) is 7.19. The zero-order valence-electron chi connectivity index (χ0n) is 6.36. The molecule has 2 aliphatic rings. The molecule has 2 rings (SSSR count). The van der Waals surface area contributed by atoms with Crippen LogP contribution in [0.25, 0.3) is 0 Å². The lowest BCUT2D eigenvalue weighted by Crippen LogP contribution is -2.32. The van der Waals surface area contributed by atoms with Gasteiger partial charge in [-0.15, -0.1) is 0 Å². The van der Waals surface area contributed by atoms with Gasteiger partial charge < -0.3 is 0 Å². The molecular weight excluding hydrogens is 150 g/mol. The maximum atomic E-state index is 13.1. The molecule has 0 saturated heterocycles. The number of fused-ring (bicyclic) bond motifs is 1. The molecule has 0 aromatic rings. The lowest BCUT2D eigenvalue weighted by molar-refractivity contribution is -0.137. The monoisotopic (exact) mass is 160 g/mol. The number of hydrogen-bond acceptors (Lipinski definition) is 1. The first-order valence-electron chi connectivity index (χ1n) is 3.89. The highest BCUT2D eigenvalue weighted by molar-refractivity contribution is 5.87.